The Balaban J connectivity index is 2.80. The molecule has 0 spiro atoms. The van der Waals surface area contributed by atoms with Gasteiger partial charge >= 0.3 is 6.03 Å². The molecule has 0 aliphatic carbocycles. The molecule has 0 radical (unpaired) electrons. The molecule has 0 aromatic heterocycles. The van der Waals surface area contributed by atoms with Crippen molar-refractivity contribution in [2.24, 2.45) is 0 Å². The van der Waals surface area contributed by atoms with E-state index in [1.165, 1.54) is 0 Å². The summed E-state index contributed by atoms with van der Waals surface area (Å²) in [6.07, 6.45) is 0. The Kier molecular flexibility index (Phi) is 6.82. The van der Waals surface area contributed by atoms with Crippen molar-refractivity contribution in [3.05, 3.63) is 0 Å². The number of halogens is 6. The summed E-state index contributed by atoms with van der Waals surface area (Å²) < 4.78 is 28.8. The van der Waals surface area contributed by atoms with Crippen LogP contribution in [-0.2, 0) is 9.47 Å². The highest BCUT2D eigenvalue weighted by Crippen LogP contribution is 2.52. The number of alkyl halides is 6. The molecule has 0 unspecified atom stereocenters. The molecule has 0 saturated carbocycles. The van der Waals surface area contributed by atoms with Crippen molar-refractivity contribution in [2.45, 2.75) is 8.91 Å². The molecule has 1 saturated heterocycles. The molecule has 1 aliphatic rings. The quantitative estimate of drug-likeness (QED) is 0.372. The molecular formula is C9H12Cl4F2N2O3. The molecule has 2 amide bonds. The van der Waals surface area contributed by atoms with Gasteiger partial charge in [-0.25, -0.2) is 13.6 Å². The summed E-state index contributed by atoms with van der Waals surface area (Å²) in [5.74, 6) is 0. The first kappa shape index (κ1) is 18.3. The highest BCUT2D eigenvalue weighted by atomic mass is 35.5. The van der Waals surface area contributed by atoms with Crippen LogP contribution in [0.3, 0.4) is 0 Å². The summed E-state index contributed by atoms with van der Waals surface area (Å²) in [7, 11) is 0. The summed E-state index contributed by atoms with van der Waals surface area (Å²) >= 11 is 24.0. The van der Waals surface area contributed by atoms with Crippen LogP contribution in [0.1, 0.15) is 0 Å². The molecule has 11 heteroatoms. The van der Waals surface area contributed by atoms with Gasteiger partial charge in [0.05, 0.1) is 13.2 Å². The molecule has 1 heterocycles. The van der Waals surface area contributed by atoms with Crippen LogP contribution in [0.2, 0.25) is 0 Å². The molecule has 1 fully saturated rings. The predicted octanol–water partition coefficient (Wildman–Crippen LogP) is 2.87. The minimum Gasteiger partial charge on any atom is -0.349 e. The molecule has 1 aliphatic heterocycles. The average Bonchev–Trinajstić information content (AvgIpc) is 2.49. The first-order valence-corrected chi connectivity index (χ1v) is 6.94. The molecule has 1 rings (SSSR count). The second kappa shape index (κ2) is 7.47. The first-order valence-electron chi connectivity index (χ1n) is 5.43. The second-order valence-electron chi connectivity index (χ2n) is 3.70. The van der Waals surface area contributed by atoms with Gasteiger partial charge in [0.1, 0.15) is 0 Å². The number of hydrogen-bond acceptors (Lipinski definition) is 3. The monoisotopic (exact) mass is 374 g/mol. The van der Waals surface area contributed by atoms with Crippen molar-refractivity contribution in [1.82, 2.24) is 9.80 Å². The summed E-state index contributed by atoms with van der Waals surface area (Å²) in [6, 6.07) is -0.690. The fourth-order valence-electron chi connectivity index (χ4n) is 1.60. The van der Waals surface area contributed by atoms with Crippen molar-refractivity contribution in [1.29, 1.82) is 0 Å². The Bertz CT molecular complexity index is 319. The van der Waals surface area contributed by atoms with E-state index in [0.29, 0.717) is 0 Å². The summed E-state index contributed by atoms with van der Waals surface area (Å²) in [4.78, 5) is 14.0. The Morgan fingerprint density at radius 3 is 1.55 bits per heavy atom. The normalized spacial score (nSPS) is 20.8. The van der Waals surface area contributed by atoms with Gasteiger partial charge in [0, 0.05) is 13.1 Å². The number of ether oxygens (including phenoxy) is 2. The maximum atomic E-state index is 12.1. The van der Waals surface area contributed by atoms with E-state index in [2.05, 4.69) is 9.47 Å². The van der Waals surface area contributed by atoms with Crippen LogP contribution in [0.25, 0.3) is 0 Å². The minimum absolute atomic E-state index is 0.114. The Morgan fingerprint density at radius 2 is 1.25 bits per heavy atom. The fourth-order valence-corrected chi connectivity index (χ4v) is 2.64. The molecular weight excluding hydrogens is 364 g/mol. The van der Waals surface area contributed by atoms with E-state index in [1.807, 2.05) is 0 Å². The van der Waals surface area contributed by atoms with Gasteiger partial charge in [-0.3, -0.25) is 9.80 Å². The zero-order chi connectivity index (χ0) is 15.4. The molecule has 0 aromatic carbocycles. The Morgan fingerprint density at radius 1 is 0.900 bits per heavy atom. The smallest absolute Gasteiger partial charge is 0.325 e. The van der Waals surface area contributed by atoms with Gasteiger partial charge in [-0.05, 0) is 0 Å². The minimum atomic E-state index is -1.97. The molecule has 0 atom stereocenters. The van der Waals surface area contributed by atoms with Gasteiger partial charge in [-0.1, -0.05) is 46.4 Å². The lowest BCUT2D eigenvalue weighted by Gasteiger charge is -2.32. The SMILES string of the molecule is O=C1N(CCOCF)C(Cl)(Cl)C(Cl)(Cl)N1CCOCF. The summed E-state index contributed by atoms with van der Waals surface area (Å²) in [5, 5.41) is 0. The average molecular weight is 376 g/mol. The number of carbonyl (C=O) groups is 1. The predicted molar refractivity (Wildman–Crippen MR) is 71.5 cm³/mol. The largest absolute Gasteiger partial charge is 0.349 e. The number of urea groups is 1. The van der Waals surface area contributed by atoms with Gasteiger partial charge in [0.25, 0.3) is 0 Å². The lowest BCUT2D eigenvalue weighted by molar-refractivity contribution is 0.0441. The highest BCUT2D eigenvalue weighted by Gasteiger charge is 2.65. The van der Waals surface area contributed by atoms with Crippen LogP contribution in [0, 0.1) is 0 Å². The van der Waals surface area contributed by atoms with Crippen LogP contribution < -0.4 is 0 Å². The third-order valence-corrected chi connectivity index (χ3v) is 4.87. The molecule has 0 aromatic rings. The molecule has 0 bridgehead atoms. The molecule has 118 valence electrons. The number of nitrogens with zero attached hydrogens (tertiary/aromatic N) is 2. The van der Waals surface area contributed by atoms with Gasteiger partial charge in [0.15, 0.2) is 13.7 Å². The molecule has 5 nitrogen and oxygen atoms in total. The maximum absolute atomic E-state index is 12.1. The lowest BCUT2D eigenvalue weighted by atomic mass is 10.5. The van der Waals surface area contributed by atoms with Crippen molar-refractivity contribution in [2.75, 3.05) is 40.0 Å². The number of amides is 2. The zero-order valence-electron chi connectivity index (χ0n) is 10.1. The number of rotatable bonds is 8. The highest BCUT2D eigenvalue weighted by molar-refractivity contribution is 6.63. The third-order valence-electron chi connectivity index (χ3n) is 2.57. The van der Waals surface area contributed by atoms with Crippen molar-refractivity contribution >= 4 is 52.4 Å². The zero-order valence-corrected chi connectivity index (χ0v) is 13.2. The second-order valence-corrected chi connectivity index (χ2v) is 6.28. The van der Waals surface area contributed by atoms with Crippen LogP contribution >= 0.6 is 46.4 Å². The topological polar surface area (TPSA) is 42.0 Å². The first-order chi connectivity index (χ1) is 9.30. The van der Waals surface area contributed by atoms with Gasteiger partial charge < -0.3 is 9.47 Å². The van der Waals surface area contributed by atoms with Crippen LogP contribution in [0.4, 0.5) is 13.6 Å². The summed E-state index contributed by atoms with van der Waals surface area (Å²) in [6.45, 7) is -2.53. The van der Waals surface area contributed by atoms with Crippen molar-refractivity contribution in [3.63, 3.8) is 0 Å². The van der Waals surface area contributed by atoms with E-state index in [0.717, 1.165) is 9.80 Å². The number of hydrogen-bond donors (Lipinski definition) is 0. The van der Waals surface area contributed by atoms with E-state index in [-0.39, 0.29) is 26.3 Å². The Labute approximate surface area is 134 Å². The van der Waals surface area contributed by atoms with Gasteiger partial charge in [0.2, 0.25) is 8.91 Å². The van der Waals surface area contributed by atoms with Gasteiger partial charge in [-0.15, -0.1) is 0 Å². The van der Waals surface area contributed by atoms with E-state index < -0.39 is 28.7 Å². The Hall–Kier alpha value is 0.210. The van der Waals surface area contributed by atoms with E-state index in [9.17, 15) is 13.6 Å². The van der Waals surface area contributed by atoms with E-state index in [4.69, 9.17) is 46.4 Å². The lowest BCUT2D eigenvalue weighted by Crippen LogP contribution is -2.47. The maximum Gasteiger partial charge on any atom is 0.325 e. The van der Waals surface area contributed by atoms with Gasteiger partial charge in [-0.2, -0.15) is 0 Å². The number of carbonyl (C=O) groups excluding carboxylic acids is 1. The van der Waals surface area contributed by atoms with Crippen LogP contribution in [-0.4, -0.2) is 64.8 Å². The molecule has 20 heavy (non-hydrogen) atoms. The molecule has 0 N–H and O–H groups in total. The fraction of sp³-hybridized carbons (Fsp3) is 0.889. The van der Waals surface area contributed by atoms with Crippen LogP contribution in [0.15, 0.2) is 0 Å². The van der Waals surface area contributed by atoms with Crippen LogP contribution in [0.5, 0.6) is 0 Å². The third kappa shape index (κ3) is 3.51. The standard InChI is InChI=1S/C9H12Cl4F2N2O3/c10-8(11)9(12,13)17(2-4-20-6-15)7(18)16(8)1-3-19-5-14/h1-6H2. The van der Waals surface area contributed by atoms with Crippen molar-refractivity contribution in [3.8, 4) is 0 Å². The van der Waals surface area contributed by atoms with E-state index >= 15 is 0 Å². The van der Waals surface area contributed by atoms with Crippen molar-refractivity contribution < 1.29 is 23.0 Å². The summed E-state index contributed by atoms with van der Waals surface area (Å²) in [5.41, 5.74) is 0. The van der Waals surface area contributed by atoms with E-state index in [1.54, 1.807) is 0 Å².